The fraction of sp³-hybridized carbons (Fsp3) is 0.929. The number of Topliss-reactive ketones (excluding diaryl/α,β-unsaturated/α-hetero) is 1. The smallest absolute Gasteiger partial charge is 0.292 e. The van der Waals surface area contributed by atoms with Crippen molar-refractivity contribution < 1.29 is 22.9 Å². The Hall–Kier alpha value is -0.460. The van der Waals surface area contributed by atoms with Crippen LogP contribution < -0.4 is 0 Å². The Morgan fingerprint density at radius 2 is 1.40 bits per heavy atom. The minimum absolute atomic E-state index is 0.266. The molecule has 0 saturated heterocycles. The van der Waals surface area contributed by atoms with Gasteiger partial charge in [0.05, 0.1) is 0 Å². The van der Waals surface area contributed by atoms with Crippen molar-refractivity contribution in [3.05, 3.63) is 0 Å². The summed E-state index contributed by atoms with van der Waals surface area (Å²) in [6, 6.07) is 0. The highest BCUT2D eigenvalue weighted by atomic mass is 32.2. The monoisotopic (exact) mass is 308 g/mol. The highest BCUT2D eigenvalue weighted by Crippen LogP contribution is 2.12. The molecule has 0 spiro atoms. The molecule has 0 bridgehead atoms. The van der Waals surface area contributed by atoms with Crippen LogP contribution in [-0.4, -0.2) is 29.3 Å². The number of rotatable bonds is 13. The van der Waals surface area contributed by atoms with Gasteiger partial charge in [0.15, 0.2) is 5.44 Å². The second kappa shape index (κ2) is 11.2. The molecule has 0 heterocycles. The molecule has 0 rings (SSSR count). The molecule has 0 saturated carbocycles. The van der Waals surface area contributed by atoms with Crippen molar-refractivity contribution in [2.75, 3.05) is 0 Å². The Balaban J connectivity index is 3.45. The van der Waals surface area contributed by atoms with E-state index in [1.165, 1.54) is 38.5 Å². The average molecular weight is 308 g/mol. The summed E-state index contributed by atoms with van der Waals surface area (Å²) in [6.07, 6.45) is 10.0. The van der Waals surface area contributed by atoms with Crippen LogP contribution in [0.2, 0.25) is 0 Å². The van der Waals surface area contributed by atoms with Crippen LogP contribution in [0.4, 0.5) is 0 Å². The largest absolute Gasteiger partial charge is 0.375 e. The fourth-order valence-corrected chi connectivity index (χ4v) is 2.43. The second-order valence-electron chi connectivity index (χ2n) is 5.29. The number of hydrogen-bond donors (Lipinski definition) is 2. The van der Waals surface area contributed by atoms with E-state index in [-0.39, 0.29) is 12.2 Å². The topological polar surface area (TPSA) is 91.7 Å². The summed E-state index contributed by atoms with van der Waals surface area (Å²) in [4.78, 5) is 11.4. The van der Waals surface area contributed by atoms with Crippen LogP contribution in [0.1, 0.15) is 77.6 Å². The van der Waals surface area contributed by atoms with Crippen LogP contribution >= 0.6 is 0 Å². The molecule has 1 atom stereocenters. The SMILES string of the molecule is CCCCCCCCCCCC(=O)C[C@H](O)S(=O)(=O)O. The number of aliphatic hydroxyl groups excluding tert-OH is 1. The van der Waals surface area contributed by atoms with Gasteiger partial charge in [-0.15, -0.1) is 0 Å². The maximum Gasteiger partial charge on any atom is 0.292 e. The lowest BCUT2D eigenvalue weighted by Gasteiger charge is -2.06. The molecule has 0 aromatic carbocycles. The molecule has 0 unspecified atom stereocenters. The Kier molecular flexibility index (Phi) is 11.0. The van der Waals surface area contributed by atoms with E-state index in [0.717, 1.165) is 12.8 Å². The van der Waals surface area contributed by atoms with Crippen molar-refractivity contribution in [1.29, 1.82) is 0 Å². The van der Waals surface area contributed by atoms with Gasteiger partial charge in [-0.25, -0.2) is 0 Å². The average Bonchev–Trinajstić information content (AvgIpc) is 2.35. The first-order valence-electron chi connectivity index (χ1n) is 7.54. The molecule has 0 fully saturated rings. The number of aliphatic hydroxyl groups is 1. The van der Waals surface area contributed by atoms with Gasteiger partial charge in [-0.3, -0.25) is 9.35 Å². The van der Waals surface area contributed by atoms with Crippen molar-refractivity contribution in [1.82, 2.24) is 0 Å². The van der Waals surface area contributed by atoms with Crippen molar-refractivity contribution in [2.24, 2.45) is 0 Å². The molecule has 20 heavy (non-hydrogen) atoms. The van der Waals surface area contributed by atoms with Crippen LogP contribution in [0.3, 0.4) is 0 Å². The molecule has 0 aliphatic carbocycles. The number of ketones is 1. The van der Waals surface area contributed by atoms with Crippen molar-refractivity contribution in [3.63, 3.8) is 0 Å². The summed E-state index contributed by atoms with van der Waals surface area (Å²) >= 11 is 0. The predicted molar refractivity (Wildman–Crippen MR) is 79.0 cm³/mol. The van der Waals surface area contributed by atoms with Crippen LogP contribution in [0.5, 0.6) is 0 Å². The third-order valence-corrected chi connectivity index (χ3v) is 4.16. The minimum Gasteiger partial charge on any atom is -0.375 e. The normalized spacial score (nSPS) is 13.3. The van der Waals surface area contributed by atoms with Crippen molar-refractivity contribution in [2.45, 2.75) is 83.0 Å². The van der Waals surface area contributed by atoms with Gasteiger partial charge in [0, 0.05) is 12.8 Å². The van der Waals surface area contributed by atoms with E-state index in [4.69, 9.17) is 9.66 Å². The van der Waals surface area contributed by atoms with E-state index in [1.807, 2.05) is 0 Å². The lowest BCUT2D eigenvalue weighted by molar-refractivity contribution is -0.120. The molecule has 0 aliphatic heterocycles. The zero-order valence-electron chi connectivity index (χ0n) is 12.4. The first-order chi connectivity index (χ1) is 9.38. The number of carbonyl (C=O) groups excluding carboxylic acids is 1. The Morgan fingerprint density at radius 1 is 0.950 bits per heavy atom. The molecule has 0 aromatic heterocycles. The van der Waals surface area contributed by atoms with Crippen molar-refractivity contribution >= 4 is 15.9 Å². The summed E-state index contributed by atoms with van der Waals surface area (Å²) in [5.74, 6) is -0.321. The van der Waals surface area contributed by atoms with E-state index in [0.29, 0.717) is 6.42 Å². The Morgan fingerprint density at radius 3 is 1.85 bits per heavy atom. The zero-order chi connectivity index (χ0) is 15.4. The standard InChI is InChI=1S/C14H28O5S/c1-2-3-4-5-6-7-8-9-10-11-13(15)12-14(16)20(17,18)19/h14,16H,2-12H2,1H3,(H,17,18,19)/t14-/m1/s1. The molecule has 0 aliphatic rings. The van der Waals surface area contributed by atoms with E-state index in [1.54, 1.807) is 0 Å². The van der Waals surface area contributed by atoms with Crippen LogP contribution in [0, 0.1) is 0 Å². The minimum atomic E-state index is -4.51. The highest BCUT2D eigenvalue weighted by Gasteiger charge is 2.22. The molecular formula is C14H28O5S. The molecule has 0 amide bonds. The fourth-order valence-electron chi connectivity index (χ4n) is 2.03. The molecule has 0 radical (unpaired) electrons. The third kappa shape index (κ3) is 11.4. The van der Waals surface area contributed by atoms with Crippen LogP contribution in [-0.2, 0) is 14.9 Å². The van der Waals surface area contributed by atoms with E-state index in [2.05, 4.69) is 6.92 Å². The lowest BCUT2D eigenvalue weighted by Crippen LogP contribution is -2.23. The van der Waals surface area contributed by atoms with Gasteiger partial charge in [0.2, 0.25) is 0 Å². The summed E-state index contributed by atoms with van der Waals surface area (Å²) in [6.45, 7) is 2.19. The van der Waals surface area contributed by atoms with E-state index in [9.17, 15) is 13.2 Å². The van der Waals surface area contributed by atoms with Gasteiger partial charge in [-0.2, -0.15) is 8.42 Å². The maximum atomic E-state index is 11.4. The molecule has 120 valence electrons. The maximum absolute atomic E-state index is 11.4. The molecule has 0 aromatic rings. The molecule has 2 N–H and O–H groups in total. The lowest BCUT2D eigenvalue weighted by atomic mass is 10.0. The third-order valence-electron chi connectivity index (χ3n) is 3.31. The van der Waals surface area contributed by atoms with Gasteiger partial charge >= 0.3 is 0 Å². The van der Waals surface area contributed by atoms with Gasteiger partial charge in [-0.05, 0) is 6.42 Å². The zero-order valence-corrected chi connectivity index (χ0v) is 13.2. The predicted octanol–water partition coefficient (Wildman–Crippen LogP) is 3.07. The Labute approximate surface area is 122 Å². The number of hydrogen-bond acceptors (Lipinski definition) is 4. The number of unbranched alkanes of at least 4 members (excludes halogenated alkanes) is 8. The molecular weight excluding hydrogens is 280 g/mol. The van der Waals surface area contributed by atoms with Gasteiger partial charge in [0.1, 0.15) is 5.78 Å². The number of carbonyl (C=O) groups is 1. The summed E-state index contributed by atoms with van der Waals surface area (Å²) in [7, 11) is -4.51. The van der Waals surface area contributed by atoms with Crippen LogP contribution in [0.25, 0.3) is 0 Å². The highest BCUT2D eigenvalue weighted by molar-refractivity contribution is 7.86. The van der Waals surface area contributed by atoms with E-state index < -0.39 is 22.0 Å². The quantitative estimate of drug-likeness (QED) is 0.403. The van der Waals surface area contributed by atoms with Gasteiger partial charge in [-0.1, -0.05) is 58.3 Å². The summed E-state index contributed by atoms with van der Waals surface area (Å²) in [5.41, 5.74) is -1.98. The second-order valence-corrected chi connectivity index (χ2v) is 6.86. The molecule has 5 nitrogen and oxygen atoms in total. The Bertz CT molecular complexity index is 351. The van der Waals surface area contributed by atoms with E-state index >= 15 is 0 Å². The van der Waals surface area contributed by atoms with Gasteiger partial charge in [0.25, 0.3) is 10.1 Å². The summed E-state index contributed by atoms with van der Waals surface area (Å²) in [5, 5.41) is 9.04. The van der Waals surface area contributed by atoms with Gasteiger partial charge < -0.3 is 5.11 Å². The first kappa shape index (κ1) is 19.5. The summed E-state index contributed by atoms with van der Waals surface area (Å²) < 4.78 is 29.6. The first-order valence-corrected chi connectivity index (χ1v) is 9.04. The molecule has 6 heteroatoms. The van der Waals surface area contributed by atoms with Crippen molar-refractivity contribution in [3.8, 4) is 0 Å². The van der Waals surface area contributed by atoms with Crippen LogP contribution in [0.15, 0.2) is 0 Å².